The zero-order chi connectivity index (χ0) is 19.8. The summed E-state index contributed by atoms with van der Waals surface area (Å²) >= 11 is 0. The first kappa shape index (κ1) is 18.8. The number of carbonyl (C=O) groups is 2. The van der Waals surface area contributed by atoms with E-state index in [2.05, 4.69) is 15.3 Å². The number of amides is 2. The molecule has 1 atom stereocenters. The molecule has 2 amide bonds. The number of hydrogen-bond acceptors (Lipinski definition) is 7. The predicted molar refractivity (Wildman–Crippen MR) is 95.9 cm³/mol. The van der Waals surface area contributed by atoms with Gasteiger partial charge in [0.25, 0.3) is 21.8 Å². The molecule has 0 spiro atoms. The summed E-state index contributed by atoms with van der Waals surface area (Å²) in [6, 6.07) is 3.99. The Morgan fingerprint density at radius 3 is 2.74 bits per heavy atom. The summed E-state index contributed by atoms with van der Waals surface area (Å²) < 4.78 is 32.6. The van der Waals surface area contributed by atoms with Crippen LogP contribution in [0.15, 0.2) is 29.3 Å². The molecule has 2 N–H and O–H groups in total. The van der Waals surface area contributed by atoms with E-state index >= 15 is 0 Å². The van der Waals surface area contributed by atoms with Crippen molar-refractivity contribution in [2.45, 2.75) is 38.2 Å². The van der Waals surface area contributed by atoms with Crippen LogP contribution in [0.1, 0.15) is 35.2 Å². The molecular weight excluding hydrogens is 372 g/mol. The molecule has 0 aliphatic carbocycles. The summed E-state index contributed by atoms with van der Waals surface area (Å²) in [5, 5.41) is 2.61. The first-order valence-electron chi connectivity index (χ1n) is 8.20. The van der Waals surface area contributed by atoms with Crippen LogP contribution in [-0.4, -0.2) is 36.3 Å². The molecule has 0 fully saturated rings. The van der Waals surface area contributed by atoms with Crippen LogP contribution in [0.4, 0.5) is 5.69 Å². The minimum absolute atomic E-state index is 0.0598. The number of fused-ring (bicyclic) bond motifs is 1. The highest BCUT2D eigenvalue weighted by Gasteiger charge is 2.28. The second-order valence-corrected chi connectivity index (χ2v) is 7.70. The molecule has 0 radical (unpaired) electrons. The van der Waals surface area contributed by atoms with Gasteiger partial charge in [-0.25, -0.2) is 23.1 Å². The Labute approximate surface area is 156 Å². The molecule has 9 nitrogen and oxygen atoms in total. The Bertz CT molecular complexity index is 1040. The second-order valence-electron chi connectivity index (χ2n) is 6.01. The standard InChI is InChI=1S/C17H18N4O5S/c1-4-14-17(23)20-13-7-11(5-6-15(13)26-14)27(24,25)21-16(22)12-8-18-10(3)19-9(12)2/h5-8,14H,4H2,1-3H3,(H,20,23)(H,21,22)/t14-/m0/s1. The van der Waals surface area contributed by atoms with Gasteiger partial charge < -0.3 is 10.1 Å². The molecule has 3 rings (SSSR count). The molecule has 0 unspecified atom stereocenters. The molecule has 27 heavy (non-hydrogen) atoms. The summed E-state index contributed by atoms with van der Waals surface area (Å²) in [6.45, 7) is 5.06. The van der Waals surface area contributed by atoms with Crippen molar-refractivity contribution < 1.29 is 22.7 Å². The van der Waals surface area contributed by atoms with Gasteiger partial charge in [0.15, 0.2) is 6.10 Å². The van der Waals surface area contributed by atoms with E-state index in [9.17, 15) is 18.0 Å². The van der Waals surface area contributed by atoms with E-state index in [1.54, 1.807) is 20.8 Å². The summed E-state index contributed by atoms with van der Waals surface area (Å²) in [6.07, 6.45) is 1.14. The van der Waals surface area contributed by atoms with Crippen LogP contribution < -0.4 is 14.8 Å². The number of carbonyl (C=O) groups excluding carboxylic acids is 2. The highest BCUT2D eigenvalue weighted by molar-refractivity contribution is 7.90. The zero-order valence-corrected chi connectivity index (χ0v) is 15.8. The topological polar surface area (TPSA) is 127 Å². The Balaban J connectivity index is 1.86. The van der Waals surface area contributed by atoms with Crippen molar-refractivity contribution in [2.24, 2.45) is 0 Å². The molecule has 1 aromatic heterocycles. The van der Waals surface area contributed by atoms with E-state index in [0.717, 1.165) is 0 Å². The van der Waals surface area contributed by atoms with Gasteiger partial charge in [0.2, 0.25) is 0 Å². The molecule has 0 bridgehead atoms. The number of anilines is 1. The number of aryl methyl sites for hydroxylation is 2. The minimum Gasteiger partial charge on any atom is -0.478 e. The fourth-order valence-corrected chi connectivity index (χ4v) is 3.60. The molecule has 10 heteroatoms. The number of ether oxygens (including phenoxy) is 1. The van der Waals surface area contributed by atoms with Crippen LogP contribution in [0.3, 0.4) is 0 Å². The van der Waals surface area contributed by atoms with Crippen molar-refractivity contribution in [3.63, 3.8) is 0 Å². The van der Waals surface area contributed by atoms with Crippen molar-refractivity contribution in [2.75, 3.05) is 5.32 Å². The maximum atomic E-state index is 12.6. The third-order valence-corrected chi connectivity index (χ3v) is 5.35. The van der Waals surface area contributed by atoms with Crippen molar-refractivity contribution in [3.8, 4) is 5.75 Å². The summed E-state index contributed by atoms with van der Waals surface area (Å²) in [5.41, 5.74) is 0.659. The number of aromatic nitrogens is 2. The van der Waals surface area contributed by atoms with Crippen LogP contribution in [0, 0.1) is 13.8 Å². The molecule has 2 aromatic rings. The first-order valence-corrected chi connectivity index (χ1v) is 9.68. The number of benzene rings is 1. The van der Waals surface area contributed by atoms with Crippen molar-refractivity contribution >= 4 is 27.5 Å². The molecule has 2 heterocycles. The second kappa shape index (κ2) is 6.95. The fraction of sp³-hybridized carbons (Fsp3) is 0.294. The van der Waals surface area contributed by atoms with Gasteiger partial charge in [0.1, 0.15) is 11.6 Å². The van der Waals surface area contributed by atoms with Crippen LogP contribution in [-0.2, 0) is 14.8 Å². The molecule has 0 saturated carbocycles. The largest absolute Gasteiger partial charge is 0.478 e. The average Bonchev–Trinajstić information content (AvgIpc) is 2.60. The first-order chi connectivity index (χ1) is 12.7. The molecular formula is C17H18N4O5S. The summed E-state index contributed by atoms with van der Waals surface area (Å²) in [5.74, 6) is -0.343. The maximum Gasteiger partial charge on any atom is 0.268 e. The molecule has 1 aromatic carbocycles. The molecule has 142 valence electrons. The minimum atomic E-state index is -4.17. The van der Waals surface area contributed by atoms with Gasteiger partial charge in [-0.2, -0.15) is 0 Å². The normalized spacial score (nSPS) is 16.1. The lowest BCUT2D eigenvalue weighted by atomic mass is 10.2. The van der Waals surface area contributed by atoms with Gasteiger partial charge in [-0.1, -0.05) is 6.92 Å². The Hall–Kier alpha value is -3.01. The lowest BCUT2D eigenvalue weighted by molar-refractivity contribution is -0.123. The van der Waals surface area contributed by atoms with E-state index in [0.29, 0.717) is 23.7 Å². The van der Waals surface area contributed by atoms with Gasteiger partial charge in [0.05, 0.1) is 21.8 Å². The third-order valence-electron chi connectivity index (χ3n) is 4.02. The maximum absolute atomic E-state index is 12.6. The summed E-state index contributed by atoms with van der Waals surface area (Å²) in [4.78, 5) is 32.0. The SMILES string of the molecule is CC[C@@H]1Oc2ccc(S(=O)(=O)NC(=O)c3cnc(C)nc3C)cc2NC1=O. The highest BCUT2D eigenvalue weighted by Crippen LogP contribution is 2.32. The monoisotopic (exact) mass is 390 g/mol. The lowest BCUT2D eigenvalue weighted by Crippen LogP contribution is -2.36. The Kier molecular flexibility index (Phi) is 4.83. The number of sulfonamides is 1. The number of nitrogens with zero attached hydrogens (tertiary/aromatic N) is 2. The van der Waals surface area contributed by atoms with Crippen molar-refractivity contribution in [3.05, 3.63) is 41.5 Å². The van der Waals surface area contributed by atoms with Gasteiger partial charge in [-0.05, 0) is 38.5 Å². The Morgan fingerprint density at radius 2 is 2.07 bits per heavy atom. The fourth-order valence-electron chi connectivity index (χ4n) is 2.61. The van der Waals surface area contributed by atoms with Gasteiger partial charge in [0, 0.05) is 6.20 Å². The van der Waals surface area contributed by atoms with Crippen LogP contribution >= 0.6 is 0 Å². The van der Waals surface area contributed by atoms with E-state index < -0.39 is 22.0 Å². The van der Waals surface area contributed by atoms with E-state index in [-0.39, 0.29) is 22.1 Å². The van der Waals surface area contributed by atoms with E-state index in [1.807, 2.05) is 4.72 Å². The van der Waals surface area contributed by atoms with Crippen LogP contribution in [0.25, 0.3) is 0 Å². The number of rotatable bonds is 4. The van der Waals surface area contributed by atoms with Gasteiger partial charge in [-0.15, -0.1) is 0 Å². The molecule has 0 saturated heterocycles. The third kappa shape index (κ3) is 3.75. The quantitative estimate of drug-likeness (QED) is 0.806. The van der Waals surface area contributed by atoms with Gasteiger partial charge >= 0.3 is 0 Å². The molecule has 1 aliphatic rings. The lowest BCUT2D eigenvalue weighted by Gasteiger charge is -2.25. The highest BCUT2D eigenvalue weighted by atomic mass is 32.2. The zero-order valence-electron chi connectivity index (χ0n) is 14.9. The van der Waals surface area contributed by atoms with Crippen LogP contribution in [0.5, 0.6) is 5.75 Å². The Morgan fingerprint density at radius 1 is 1.33 bits per heavy atom. The predicted octanol–water partition coefficient (Wildman–Crippen LogP) is 1.32. The van der Waals surface area contributed by atoms with E-state index in [1.165, 1.54) is 24.4 Å². The van der Waals surface area contributed by atoms with Crippen LogP contribution in [0.2, 0.25) is 0 Å². The molecule has 1 aliphatic heterocycles. The van der Waals surface area contributed by atoms with E-state index in [4.69, 9.17) is 4.74 Å². The van der Waals surface area contributed by atoms with Gasteiger partial charge in [-0.3, -0.25) is 9.59 Å². The van der Waals surface area contributed by atoms with Crippen molar-refractivity contribution in [1.82, 2.24) is 14.7 Å². The number of hydrogen-bond donors (Lipinski definition) is 2. The smallest absolute Gasteiger partial charge is 0.268 e. The van der Waals surface area contributed by atoms with Crippen molar-refractivity contribution in [1.29, 1.82) is 0 Å². The summed E-state index contributed by atoms with van der Waals surface area (Å²) in [7, 11) is -4.17. The average molecular weight is 390 g/mol. The number of nitrogens with one attached hydrogen (secondary N) is 2.